The molecule has 2 heterocycles. The second-order valence-corrected chi connectivity index (χ2v) is 10.4. The zero-order chi connectivity index (χ0) is 28.5. The van der Waals surface area contributed by atoms with Gasteiger partial charge in [0.25, 0.3) is 0 Å². The first-order chi connectivity index (χ1) is 20.4. The summed E-state index contributed by atoms with van der Waals surface area (Å²) in [5.74, 6) is -1.53. The van der Waals surface area contributed by atoms with Crippen LogP contribution in [0, 0.1) is 23.3 Å². The van der Waals surface area contributed by atoms with Gasteiger partial charge in [0.05, 0.1) is 22.1 Å². The average molecular weight is 557 g/mol. The fraction of sp³-hybridized carbons (Fsp3) is 0. The molecule has 8 aromatic rings. The van der Waals surface area contributed by atoms with Gasteiger partial charge in [0.1, 0.15) is 23.3 Å². The number of benzene rings is 6. The lowest BCUT2D eigenvalue weighted by Gasteiger charge is -2.13. The Labute approximate surface area is 237 Å². The van der Waals surface area contributed by atoms with Crippen molar-refractivity contribution in [3.63, 3.8) is 0 Å². The minimum Gasteiger partial charge on any atom is -0.309 e. The minimum atomic E-state index is -0.382. The largest absolute Gasteiger partial charge is 0.309 e. The molecule has 0 aliphatic heterocycles. The van der Waals surface area contributed by atoms with Gasteiger partial charge in [-0.2, -0.15) is 0 Å². The molecule has 0 unspecified atom stereocenters. The lowest BCUT2D eigenvalue weighted by atomic mass is 10.0. The van der Waals surface area contributed by atoms with E-state index in [1.165, 1.54) is 48.5 Å². The molecule has 0 aliphatic rings. The van der Waals surface area contributed by atoms with E-state index in [0.717, 1.165) is 44.6 Å². The third-order valence-electron chi connectivity index (χ3n) is 7.92. The topological polar surface area (TPSA) is 9.86 Å². The number of halogens is 4. The van der Waals surface area contributed by atoms with E-state index in [2.05, 4.69) is 0 Å². The Hall–Kier alpha value is -5.36. The summed E-state index contributed by atoms with van der Waals surface area (Å²) < 4.78 is 60.8. The molecule has 0 N–H and O–H groups in total. The molecule has 0 fully saturated rings. The van der Waals surface area contributed by atoms with Crippen molar-refractivity contribution in [2.45, 2.75) is 0 Å². The van der Waals surface area contributed by atoms with Crippen molar-refractivity contribution in [2.24, 2.45) is 0 Å². The van der Waals surface area contributed by atoms with Gasteiger partial charge in [-0.25, -0.2) is 17.6 Å². The van der Waals surface area contributed by atoms with Crippen molar-refractivity contribution in [3.05, 3.63) is 145 Å². The number of fused-ring (bicyclic) bond motifs is 6. The normalized spacial score (nSPS) is 11.8. The first kappa shape index (κ1) is 24.4. The summed E-state index contributed by atoms with van der Waals surface area (Å²) in [5.41, 5.74) is 6.65. The third kappa shape index (κ3) is 3.72. The van der Waals surface area contributed by atoms with Crippen molar-refractivity contribution in [3.8, 4) is 22.5 Å². The van der Waals surface area contributed by atoms with Crippen molar-refractivity contribution in [1.29, 1.82) is 0 Å². The summed E-state index contributed by atoms with van der Waals surface area (Å²) in [7, 11) is 0. The summed E-state index contributed by atoms with van der Waals surface area (Å²) in [6.07, 6.45) is 0. The van der Waals surface area contributed by atoms with Gasteiger partial charge < -0.3 is 9.13 Å². The molecule has 2 nitrogen and oxygen atoms in total. The predicted molar refractivity (Wildman–Crippen MR) is 160 cm³/mol. The molecule has 0 bridgehead atoms. The molecule has 0 saturated heterocycles. The quantitative estimate of drug-likeness (QED) is 0.192. The van der Waals surface area contributed by atoms with Gasteiger partial charge >= 0.3 is 0 Å². The monoisotopic (exact) mass is 556 g/mol. The van der Waals surface area contributed by atoms with Crippen molar-refractivity contribution in [1.82, 2.24) is 9.13 Å². The van der Waals surface area contributed by atoms with E-state index in [0.29, 0.717) is 21.5 Å². The molecule has 0 atom stereocenters. The van der Waals surface area contributed by atoms with Gasteiger partial charge in [0, 0.05) is 32.9 Å². The van der Waals surface area contributed by atoms with Gasteiger partial charge in [0.2, 0.25) is 0 Å². The van der Waals surface area contributed by atoms with Crippen LogP contribution in [0.1, 0.15) is 0 Å². The molecule has 0 spiro atoms. The van der Waals surface area contributed by atoms with Gasteiger partial charge in [-0.15, -0.1) is 0 Å². The Morgan fingerprint density at radius 1 is 0.333 bits per heavy atom. The lowest BCUT2D eigenvalue weighted by Crippen LogP contribution is -1.96. The molecule has 202 valence electrons. The van der Waals surface area contributed by atoms with Crippen LogP contribution in [0.5, 0.6) is 0 Å². The molecule has 6 aromatic carbocycles. The molecular formula is C36H20F4N2. The van der Waals surface area contributed by atoms with Crippen molar-refractivity contribution < 1.29 is 17.6 Å². The number of rotatable bonds is 3. The predicted octanol–water partition coefficient (Wildman–Crippen LogP) is 10.1. The summed E-state index contributed by atoms with van der Waals surface area (Å²) in [6.45, 7) is 0. The third-order valence-corrected chi connectivity index (χ3v) is 7.92. The first-order valence-corrected chi connectivity index (χ1v) is 13.4. The van der Waals surface area contributed by atoms with Crippen molar-refractivity contribution in [2.75, 3.05) is 0 Å². The van der Waals surface area contributed by atoms with E-state index in [1.807, 2.05) is 57.7 Å². The second kappa shape index (κ2) is 9.08. The molecule has 0 amide bonds. The fourth-order valence-electron chi connectivity index (χ4n) is 6.14. The highest BCUT2D eigenvalue weighted by Crippen LogP contribution is 2.36. The highest BCUT2D eigenvalue weighted by atomic mass is 19.1. The molecule has 2 aromatic heterocycles. The summed E-state index contributed by atoms with van der Waals surface area (Å²) >= 11 is 0. The zero-order valence-electron chi connectivity index (χ0n) is 22.0. The van der Waals surface area contributed by atoms with Crippen LogP contribution in [0.25, 0.3) is 66.1 Å². The number of hydrogen-bond donors (Lipinski definition) is 0. The van der Waals surface area contributed by atoms with E-state index in [4.69, 9.17) is 0 Å². The molecule has 0 aliphatic carbocycles. The Balaban J connectivity index is 1.31. The first-order valence-electron chi connectivity index (χ1n) is 13.4. The Morgan fingerprint density at radius 3 is 0.952 bits per heavy atom. The van der Waals surface area contributed by atoms with E-state index in [1.54, 1.807) is 24.3 Å². The Kier molecular flexibility index (Phi) is 5.28. The van der Waals surface area contributed by atoms with Crippen LogP contribution < -0.4 is 0 Å². The van der Waals surface area contributed by atoms with Crippen LogP contribution in [0.15, 0.2) is 121 Å². The van der Waals surface area contributed by atoms with Gasteiger partial charge in [0.15, 0.2) is 0 Å². The maximum atomic E-state index is 14.2. The van der Waals surface area contributed by atoms with Gasteiger partial charge in [-0.05, 0) is 108 Å². The van der Waals surface area contributed by atoms with Crippen LogP contribution in [-0.2, 0) is 0 Å². The van der Waals surface area contributed by atoms with E-state index >= 15 is 0 Å². The van der Waals surface area contributed by atoms with Crippen LogP contribution in [0.2, 0.25) is 0 Å². The molecule has 0 saturated carbocycles. The standard InChI is InChI=1S/C36H20F4N2/c37-23-7-11-33-29(17-23)30-18-24(38)8-12-34(30)41(33)27-5-1-3-21(15-27)22-4-2-6-28(16-22)42-35-13-9-25(39)19-31(35)32-20-26(40)10-14-36(32)42/h1-20H. The van der Waals surface area contributed by atoms with E-state index in [9.17, 15) is 17.6 Å². The Bertz CT molecular complexity index is 2080. The van der Waals surface area contributed by atoms with Gasteiger partial charge in [-0.3, -0.25) is 0 Å². The van der Waals surface area contributed by atoms with Crippen molar-refractivity contribution >= 4 is 43.6 Å². The highest BCUT2D eigenvalue weighted by molar-refractivity contribution is 6.10. The Morgan fingerprint density at radius 2 is 0.643 bits per heavy atom. The SMILES string of the molecule is Fc1ccc2c(c1)c1cc(F)ccc1n2-c1cccc(-c2cccc(-n3c4ccc(F)cc4c4cc(F)ccc43)c2)c1. The molecule has 6 heteroatoms. The fourth-order valence-corrected chi connectivity index (χ4v) is 6.14. The van der Waals surface area contributed by atoms with E-state index in [-0.39, 0.29) is 23.3 Å². The van der Waals surface area contributed by atoms with Crippen LogP contribution >= 0.6 is 0 Å². The average Bonchev–Trinajstić information content (AvgIpc) is 3.48. The summed E-state index contributed by atoms with van der Waals surface area (Å²) in [5, 5.41) is 2.54. The molecular weight excluding hydrogens is 536 g/mol. The summed E-state index contributed by atoms with van der Waals surface area (Å²) in [6, 6.07) is 34.2. The molecule has 8 rings (SSSR count). The molecule has 42 heavy (non-hydrogen) atoms. The minimum absolute atomic E-state index is 0.382. The smallest absolute Gasteiger partial charge is 0.123 e. The van der Waals surface area contributed by atoms with Crippen LogP contribution in [-0.4, -0.2) is 9.13 Å². The second-order valence-electron chi connectivity index (χ2n) is 10.4. The number of aromatic nitrogens is 2. The maximum Gasteiger partial charge on any atom is 0.123 e. The van der Waals surface area contributed by atoms with Crippen LogP contribution in [0.3, 0.4) is 0 Å². The zero-order valence-corrected chi connectivity index (χ0v) is 22.0. The number of nitrogens with zero attached hydrogens (tertiary/aromatic N) is 2. The molecule has 0 radical (unpaired) electrons. The highest BCUT2D eigenvalue weighted by Gasteiger charge is 2.16. The van der Waals surface area contributed by atoms with E-state index < -0.39 is 0 Å². The summed E-state index contributed by atoms with van der Waals surface area (Å²) in [4.78, 5) is 0. The van der Waals surface area contributed by atoms with Crippen LogP contribution in [0.4, 0.5) is 17.6 Å². The van der Waals surface area contributed by atoms with Gasteiger partial charge in [-0.1, -0.05) is 24.3 Å². The maximum absolute atomic E-state index is 14.2. The number of hydrogen-bond acceptors (Lipinski definition) is 0. The lowest BCUT2D eigenvalue weighted by molar-refractivity contribution is 0.628.